The number of halogens is 1. The van der Waals surface area contributed by atoms with Gasteiger partial charge in [0.2, 0.25) is 10.0 Å². The summed E-state index contributed by atoms with van der Waals surface area (Å²) in [5, 5.41) is 0. The molecule has 0 amide bonds. The van der Waals surface area contributed by atoms with E-state index in [-0.39, 0.29) is 5.78 Å². The summed E-state index contributed by atoms with van der Waals surface area (Å²) in [6, 6.07) is 7.28. The van der Waals surface area contributed by atoms with Crippen LogP contribution in [0.2, 0.25) is 0 Å². The lowest BCUT2D eigenvalue weighted by Crippen LogP contribution is -2.52. The monoisotopic (exact) mass is 355 g/mol. The molecule has 106 valence electrons. The van der Waals surface area contributed by atoms with E-state index in [2.05, 4.69) is 15.9 Å². The first-order chi connectivity index (χ1) is 9.36. The van der Waals surface area contributed by atoms with Crippen LogP contribution in [0.5, 0.6) is 0 Å². The van der Waals surface area contributed by atoms with Gasteiger partial charge >= 0.3 is 0 Å². The van der Waals surface area contributed by atoms with Crippen molar-refractivity contribution in [2.45, 2.75) is 18.4 Å². The van der Waals surface area contributed by atoms with Gasteiger partial charge in [-0.05, 0) is 24.5 Å². The number of fused-ring (bicyclic) bond motifs is 1. The molecule has 3 rings (SSSR count). The van der Waals surface area contributed by atoms with Crippen molar-refractivity contribution in [2.24, 2.45) is 0 Å². The molecular weight excluding hydrogens is 342 g/mol. The number of Topliss-reactive ketones (excluding diaryl/α,β-unsaturated/α-hetero) is 1. The van der Waals surface area contributed by atoms with Crippen LogP contribution >= 0.6 is 15.9 Å². The summed E-state index contributed by atoms with van der Waals surface area (Å²) in [4.78, 5) is 12.9. The highest BCUT2D eigenvalue weighted by atomic mass is 79.9. The van der Waals surface area contributed by atoms with E-state index in [1.54, 1.807) is 18.2 Å². The van der Waals surface area contributed by atoms with Crippen molar-refractivity contribution in [1.29, 1.82) is 0 Å². The number of carbonyl (C=O) groups excluding carboxylic acids is 1. The van der Waals surface area contributed by atoms with E-state index in [0.717, 1.165) is 16.3 Å². The summed E-state index contributed by atoms with van der Waals surface area (Å²) in [7, 11) is -3.42. The second-order valence-corrected chi connectivity index (χ2v) is 7.99. The summed E-state index contributed by atoms with van der Waals surface area (Å²) in [5.41, 5.74) is 0.349. The van der Waals surface area contributed by atoms with Crippen molar-refractivity contribution in [1.82, 2.24) is 4.31 Å². The zero-order chi connectivity index (χ0) is 14.5. The fourth-order valence-corrected chi connectivity index (χ4v) is 5.13. The molecular formula is C14H14BrNO3S. The summed E-state index contributed by atoms with van der Waals surface area (Å²) in [6.07, 6.45) is 4.14. The normalized spacial score (nSPS) is 26.7. The zero-order valence-electron chi connectivity index (χ0n) is 11.0. The lowest BCUT2D eigenvalue weighted by atomic mass is 9.81. The molecule has 1 atom stereocenters. The number of benzene rings is 1. The smallest absolute Gasteiger partial charge is 0.212 e. The second-order valence-electron chi connectivity index (χ2n) is 5.23. The van der Waals surface area contributed by atoms with E-state index < -0.39 is 15.6 Å². The molecule has 1 saturated heterocycles. The van der Waals surface area contributed by atoms with Crippen LogP contribution < -0.4 is 0 Å². The minimum atomic E-state index is -3.42. The maximum Gasteiger partial charge on any atom is 0.212 e. The van der Waals surface area contributed by atoms with Crippen LogP contribution in [0.25, 0.3) is 4.48 Å². The molecule has 1 unspecified atom stereocenters. The predicted molar refractivity (Wildman–Crippen MR) is 81.2 cm³/mol. The zero-order valence-corrected chi connectivity index (χ0v) is 13.4. The Morgan fingerprint density at radius 1 is 1.25 bits per heavy atom. The van der Waals surface area contributed by atoms with E-state index in [9.17, 15) is 13.2 Å². The van der Waals surface area contributed by atoms with Crippen LogP contribution in [0.3, 0.4) is 0 Å². The highest BCUT2D eigenvalue weighted by Crippen LogP contribution is 2.44. The van der Waals surface area contributed by atoms with Crippen molar-refractivity contribution < 1.29 is 13.2 Å². The van der Waals surface area contributed by atoms with Crippen molar-refractivity contribution >= 4 is 36.2 Å². The number of sulfonamides is 1. The van der Waals surface area contributed by atoms with Gasteiger partial charge in [-0.15, -0.1) is 0 Å². The summed E-state index contributed by atoms with van der Waals surface area (Å²) in [5.74, 6) is -0.126. The first-order valence-corrected chi connectivity index (χ1v) is 9.01. The number of hydrogen-bond donors (Lipinski definition) is 0. The molecule has 2 aliphatic rings. The van der Waals surface area contributed by atoms with Gasteiger partial charge in [0.15, 0.2) is 5.78 Å². The molecule has 4 nitrogen and oxygen atoms in total. The van der Waals surface area contributed by atoms with Gasteiger partial charge in [-0.3, -0.25) is 4.79 Å². The molecule has 1 aromatic carbocycles. The average molecular weight is 356 g/mol. The third kappa shape index (κ3) is 1.89. The number of ketones is 1. The summed E-state index contributed by atoms with van der Waals surface area (Å²) >= 11 is 3.48. The highest BCUT2D eigenvalue weighted by Gasteiger charge is 2.52. The molecule has 1 spiro atoms. The Morgan fingerprint density at radius 2 is 1.90 bits per heavy atom. The maximum atomic E-state index is 12.9. The van der Waals surface area contributed by atoms with Gasteiger partial charge in [0.05, 0.1) is 6.26 Å². The fourth-order valence-electron chi connectivity index (χ4n) is 3.12. The Morgan fingerprint density at radius 3 is 2.55 bits per heavy atom. The Labute approximate surface area is 126 Å². The minimum Gasteiger partial charge on any atom is -0.292 e. The lowest BCUT2D eigenvalue weighted by molar-refractivity contribution is 0.0849. The Balaban J connectivity index is 2.22. The number of nitrogens with zero attached hydrogens (tertiary/aromatic N) is 1. The molecule has 1 heterocycles. The van der Waals surface area contributed by atoms with Crippen LogP contribution in [-0.2, 0) is 10.0 Å². The first-order valence-electron chi connectivity index (χ1n) is 6.37. The van der Waals surface area contributed by atoms with Gasteiger partial charge in [-0.2, -0.15) is 4.31 Å². The third-order valence-corrected chi connectivity index (χ3v) is 5.92. The standard InChI is InChI=1S/C14H14BrNO3S/c1-20(18,19)16-8-4-7-14(16)9-12(15)10-5-2-3-6-11(10)13(14)17/h2-3,5-6,9H,4,7-8H2,1H3. The van der Waals surface area contributed by atoms with Gasteiger partial charge in [-0.1, -0.05) is 40.2 Å². The number of carbonyl (C=O) groups is 1. The number of hydrogen-bond acceptors (Lipinski definition) is 3. The summed E-state index contributed by atoms with van der Waals surface area (Å²) < 4.78 is 26.1. The Kier molecular flexibility index (Phi) is 3.15. The van der Waals surface area contributed by atoms with Gasteiger partial charge in [0.25, 0.3) is 0 Å². The van der Waals surface area contributed by atoms with E-state index in [1.165, 1.54) is 4.31 Å². The quantitative estimate of drug-likeness (QED) is 0.777. The molecule has 0 bridgehead atoms. The molecule has 0 aromatic heterocycles. The number of rotatable bonds is 1. The van der Waals surface area contributed by atoms with E-state index in [4.69, 9.17) is 0 Å². The molecule has 1 aromatic rings. The van der Waals surface area contributed by atoms with Crippen molar-refractivity contribution in [3.05, 3.63) is 41.5 Å². The Hall–Kier alpha value is -0.980. The van der Waals surface area contributed by atoms with Crippen LogP contribution in [0, 0.1) is 0 Å². The molecule has 20 heavy (non-hydrogen) atoms. The molecule has 1 fully saturated rings. The largest absolute Gasteiger partial charge is 0.292 e. The second kappa shape index (κ2) is 4.51. The molecule has 1 aliphatic heterocycles. The highest BCUT2D eigenvalue weighted by molar-refractivity contribution is 9.15. The van der Waals surface area contributed by atoms with Crippen LogP contribution in [0.4, 0.5) is 0 Å². The van der Waals surface area contributed by atoms with Gasteiger partial charge < -0.3 is 0 Å². The van der Waals surface area contributed by atoms with Gasteiger partial charge in [-0.25, -0.2) is 8.42 Å². The lowest BCUT2D eigenvalue weighted by Gasteiger charge is -2.36. The topological polar surface area (TPSA) is 54.5 Å². The molecule has 0 N–H and O–H groups in total. The molecule has 0 radical (unpaired) electrons. The third-order valence-electron chi connectivity index (χ3n) is 3.95. The van der Waals surface area contributed by atoms with Crippen LogP contribution in [-0.4, -0.2) is 36.8 Å². The van der Waals surface area contributed by atoms with E-state index in [0.29, 0.717) is 24.9 Å². The molecule has 6 heteroatoms. The predicted octanol–water partition coefficient (Wildman–Crippen LogP) is 2.41. The van der Waals surface area contributed by atoms with Gasteiger partial charge in [0, 0.05) is 16.6 Å². The fraction of sp³-hybridized carbons (Fsp3) is 0.357. The molecule has 1 aliphatic carbocycles. The van der Waals surface area contributed by atoms with E-state index >= 15 is 0 Å². The van der Waals surface area contributed by atoms with Gasteiger partial charge in [0.1, 0.15) is 5.54 Å². The first kappa shape index (κ1) is 14.0. The van der Waals surface area contributed by atoms with Crippen molar-refractivity contribution in [3.63, 3.8) is 0 Å². The molecule has 0 saturated carbocycles. The average Bonchev–Trinajstić information content (AvgIpc) is 2.81. The van der Waals surface area contributed by atoms with Crippen LogP contribution in [0.1, 0.15) is 28.8 Å². The van der Waals surface area contributed by atoms with Crippen molar-refractivity contribution in [3.8, 4) is 0 Å². The summed E-state index contributed by atoms with van der Waals surface area (Å²) in [6.45, 7) is 0.392. The van der Waals surface area contributed by atoms with Crippen LogP contribution in [0.15, 0.2) is 30.3 Å². The minimum absolute atomic E-state index is 0.126. The van der Waals surface area contributed by atoms with E-state index in [1.807, 2.05) is 12.1 Å². The van der Waals surface area contributed by atoms with Crippen molar-refractivity contribution in [2.75, 3.05) is 12.8 Å². The maximum absolute atomic E-state index is 12.9. The Bertz CT molecular complexity index is 726. The SMILES string of the molecule is CS(=O)(=O)N1CCCC12C=C(Br)c1ccccc1C2=O.